The molecule has 0 saturated heterocycles. The van der Waals surface area contributed by atoms with E-state index < -0.39 is 34.3 Å². The fourth-order valence-corrected chi connectivity index (χ4v) is 4.16. The van der Waals surface area contributed by atoms with Gasteiger partial charge >= 0.3 is 5.97 Å². The van der Waals surface area contributed by atoms with Gasteiger partial charge in [-0.2, -0.15) is 0 Å². The van der Waals surface area contributed by atoms with E-state index in [4.69, 9.17) is 4.74 Å². The number of aryl methyl sites for hydroxylation is 2. The van der Waals surface area contributed by atoms with Gasteiger partial charge in [-0.05, 0) is 61.9 Å². The number of carbonyl (C=O) groups excluding carboxylic acids is 2. The molecule has 1 amide bonds. The number of carbonyl (C=O) groups is 2. The Balaban J connectivity index is 1.67. The SMILES string of the molecule is Cc1ccc(N(C)S(=O)(=O)c2cccc(C(=O)OCC(=O)Nc3ccc(C)c(F)c3)c2)cc1. The van der Waals surface area contributed by atoms with E-state index in [2.05, 4.69) is 5.32 Å². The number of amides is 1. The monoisotopic (exact) mass is 470 g/mol. The molecule has 0 radical (unpaired) electrons. The number of rotatable bonds is 7. The van der Waals surface area contributed by atoms with Crippen molar-refractivity contribution in [3.05, 3.63) is 89.2 Å². The quantitative estimate of drug-likeness (QED) is 0.526. The number of hydrogen-bond acceptors (Lipinski definition) is 5. The van der Waals surface area contributed by atoms with Gasteiger partial charge in [-0.1, -0.05) is 29.8 Å². The van der Waals surface area contributed by atoms with Crippen molar-refractivity contribution in [2.45, 2.75) is 18.7 Å². The van der Waals surface area contributed by atoms with Crippen LogP contribution in [0.25, 0.3) is 0 Å². The Bertz CT molecular complexity index is 1290. The van der Waals surface area contributed by atoms with Crippen molar-refractivity contribution in [3.8, 4) is 0 Å². The molecule has 0 atom stereocenters. The van der Waals surface area contributed by atoms with Crippen LogP contribution in [0.3, 0.4) is 0 Å². The Morgan fingerprint density at radius 1 is 1.00 bits per heavy atom. The number of sulfonamides is 1. The molecule has 172 valence electrons. The van der Waals surface area contributed by atoms with E-state index in [1.54, 1.807) is 31.2 Å². The van der Waals surface area contributed by atoms with Crippen LogP contribution in [0.15, 0.2) is 71.6 Å². The summed E-state index contributed by atoms with van der Waals surface area (Å²) in [6.45, 7) is 2.87. The third-order valence-electron chi connectivity index (χ3n) is 4.92. The Kier molecular flexibility index (Phi) is 7.13. The van der Waals surface area contributed by atoms with Crippen LogP contribution >= 0.6 is 0 Å². The van der Waals surface area contributed by atoms with Crippen molar-refractivity contribution in [1.82, 2.24) is 0 Å². The van der Waals surface area contributed by atoms with Crippen LogP contribution in [0.2, 0.25) is 0 Å². The number of nitrogens with one attached hydrogen (secondary N) is 1. The third kappa shape index (κ3) is 5.75. The lowest BCUT2D eigenvalue weighted by molar-refractivity contribution is -0.119. The van der Waals surface area contributed by atoms with Gasteiger partial charge in [0.1, 0.15) is 5.82 Å². The molecule has 3 aromatic carbocycles. The minimum Gasteiger partial charge on any atom is -0.452 e. The summed E-state index contributed by atoms with van der Waals surface area (Å²) in [5.74, 6) is -2.00. The van der Waals surface area contributed by atoms with Crippen molar-refractivity contribution >= 4 is 33.3 Å². The number of nitrogens with zero attached hydrogens (tertiary/aromatic N) is 1. The molecule has 0 bridgehead atoms. The molecule has 0 spiro atoms. The van der Waals surface area contributed by atoms with Gasteiger partial charge in [-0.25, -0.2) is 17.6 Å². The van der Waals surface area contributed by atoms with Gasteiger partial charge in [-0.3, -0.25) is 9.10 Å². The smallest absolute Gasteiger partial charge is 0.338 e. The largest absolute Gasteiger partial charge is 0.452 e. The van der Waals surface area contributed by atoms with Gasteiger partial charge in [0.05, 0.1) is 16.1 Å². The van der Waals surface area contributed by atoms with Gasteiger partial charge in [-0.15, -0.1) is 0 Å². The summed E-state index contributed by atoms with van der Waals surface area (Å²) in [5, 5.41) is 2.43. The minimum absolute atomic E-state index is 0.0254. The number of esters is 1. The van der Waals surface area contributed by atoms with Crippen LogP contribution in [0, 0.1) is 19.7 Å². The summed E-state index contributed by atoms with van der Waals surface area (Å²) in [6, 6.07) is 16.5. The summed E-state index contributed by atoms with van der Waals surface area (Å²) in [7, 11) is -2.51. The first kappa shape index (κ1) is 23.9. The van der Waals surface area contributed by atoms with Gasteiger partial charge in [0.25, 0.3) is 15.9 Å². The van der Waals surface area contributed by atoms with Crippen molar-refractivity contribution < 1.29 is 27.1 Å². The van der Waals surface area contributed by atoms with E-state index in [0.29, 0.717) is 11.3 Å². The van der Waals surface area contributed by atoms with Crippen molar-refractivity contribution in [2.75, 3.05) is 23.3 Å². The van der Waals surface area contributed by atoms with Gasteiger partial charge in [0, 0.05) is 12.7 Å². The van der Waals surface area contributed by atoms with E-state index in [9.17, 15) is 22.4 Å². The van der Waals surface area contributed by atoms with Gasteiger partial charge in [0.2, 0.25) is 0 Å². The number of benzene rings is 3. The van der Waals surface area contributed by atoms with Crippen molar-refractivity contribution in [2.24, 2.45) is 0 Å². The number of halogens is 1. The summed E-state index contributed by atoms with van der Waals surface area (Å²) >= 11 is 0. The molecule has 9 heteroatoms. The summed E-state index contributed by atoms with van der Waals surface area (Å²) in [6.07, 6.45) is 0. The molecule has 1 N–H and O–H groups in total. The topological polar surface area (TPSA) is 92.8 Å². The predicted molar refractivity (Wildman–Crippen MR) is 123 cm³/mol. The molecule has 0 aromatic heterocycles. The van der Waals surface area contributed by atoms with E-state index in [0.717, 1.165) is 15.9 Å². The molecule has 0 aliphatic heterocycles. The molecule has 0 saturated carbocycles. The molecule has 0 fully saturated rings. The fraction of sp³-hybridized carbons (Fsp3) is 0.167. The lowest BCUT2D eigenvalue weighted by atomic mass is 10.2. The van der Waals surface area contributed by atoms with Crippen molar-refractivity contribution in [3.63, 3.8) is 0 Å². The molecule has 33 heavy (non-hydrogen) atoms. The van der Waals surface area contributed by atoms with Crippen LogP contribution in [0.1, 0.15) is 21.5 Å². The number of hydrogen-bond donors (Lipinski definition) is 1. The lowest BCUT2D eigenvalue weighted by Crippen LogP contribution is -2.27. The van der Waals surface area contributed by atoms with Crippen LogP contribution in [-0.4, -0.2) is 33.9 Å². The summed E-state index contributed by atoms with van der Waals surface area (Å²) in [5.41, 5.74) is 2.10. The Morgan fingerprint density at radius 3 is 2.36 bits per heavy atom. The molecule has 0 unspecified atom stereocenters. The number of ether oxygens (including phenoxy) is 1. The zero-order valence-corrected chi connectivity index (χ0v) is 19.1. The Hall–Kier alpha value is -3.72. The molecular formula is C24H23FN2O5S. The van der Waals surface area contributed by atoms with E-state index in [-0.39, 0.29) is 16.1 Å². The highest BCUT2D eigenvalue weighted by atomic mass is 32.2. The molecule has 7 nitrogen and oxygen atoms in total. The Labute approximate surface area is 191 Å². The second kappa shape index (κ2) is 9.83. The normalized spacial score (nSPS) is 11.0. The molecule has 3 rings (SSSR count). The van der Waals surface area contributed by atoms with E-state index in [1.165, 1.54) is 43.4 Å². The lowest BCUT2D eigenvalue weighted by Gasteiger charge is -2.20. The summed E-state index contributed by atoms with van der Waals surface area (Å²) < 4.78 is 45.7. The maximum Gasteiger partial charge on any atom is 0.338 e. The van der Waals surface area contributed by atoms with E-state index >= 15 is 0 Å². The first-order valence-electron chi connectivity index (χ1n) is 9.97. The molecule has 3 aromatic rings. The zero-order chi connectivity index (χ0) is 24.2. The molecular weight excluding hydrogens is 447 g/mol. The highest BCUT2D eigenvalue weighted by Crippen LogP contribution is 2.23. The highest BCUT2D eigenvalue weighted by Gasteiger charge is 2.23. The Morgan fingerprint density at radius 2 is 1.70 bits per heavy atom. The second-order valence-corrected chi connectivity index (χ2v) is 9.39. The second-order valence-electron chi connectivity index (χ2n) is 7.42. The van der Waals surface area contributed by atoms with Crippen molar-refractivity contribution in [1.29, 1.82) is 0 Å². The standard InChI is InChI=1S/C24H23FN2O5S/c1-16-7-11-20(12-8-16)27(3)33(30,31)21-6-4-5-18(13-21)24(29)32-15-23(28)26-19-10-9-17(2)22(25)14-19/h4-14H,15H2,1-3H3,(H,26,28). The van der Waals surface area contributed by atoms with Crippen LogP contribution in [-0.2, 0) is 19.6 Å². The maximum atomic E-state index is 13.6. The molecule has 0 heterocycles. The highest BCUT2D eigenvalue weighted by molar-refractivity contribution is 7.92. The first-order chi connectivity index (χ1) is 15.6. The van der Waals surface area contributed by atoms with Gasteiger partial charge < -0.3 is 10.1 Å². The maximum absolute atomic E-state index is 13.6. The minimum atomic E-state index is -3.93. The number of anilines is 2. The zero-order valence-electron chi connectivity index (χ0n) is 18.3. The third-order valence-corrected chi connectivity index (χ3v) is 6.70. The predicted octanol–water partition coefficient (Wildman–Crippen LogP) is 4.06. The summed E-state index contributed by atoms with van der Waals surface area (Å²) in [4.78, 5) is 24.3. The average molecular weight is 471 g/mol. The molecule has 0 aliphatic rings. The van der Waals surface area contributed by atoms with E-state index in [1.807, 2.05) is 6.92 Å². The first-order valence-corrected chi connectivity index (χ1v) is 11.4. The van der Waals surface area contributed by atoms with Crippen LogP contribution in [0.5, 0.6) is 0 Å². The molecule has 0 aliphatic carbocycles. The fourth-order valence-electron chi connectivity index (χ4n) is 2.92. The van der Waals surface area contributed by atoms with Gasteiger partial charge in [0.15, 0.2) is 6.61 Å². The van der Waals surface area contributed by atoms with Crippen LogP contribution in [0.4, 0.5) is 15.8 Å². The van der Waals surface area contributed by atoms with Crippen LogP contribution < -0.4 is 9.62 Å². The average Bonchev–Trinajstić information content (AvgIpc) is 2.80.